The van der Waals surface area contributed by atoms with Crippen LogP contribution in [0.2, 0.25) is 5.02 Å². The predicted octanol–water partition coefficient (Wildman–Crippen LogP) is 3.96. The highest BCUT2D eigenvalue weighted by Crippen LogP contribution is 2.26. The number of nitrogens with one attached hydrogen (secondary N) is 3. The number of hydrogen-bond donors (Lipinski definition) is 5. The lowest BCUT2D eigenvalue weighted by Crippen LogP contribution is -2.54. The van der Waals surface area contributed by atoms with Crippen LogP contribution in [-0.4, -0.2) is 104 Å². The average molecular weight is 830 g/mol. The number of carbonyl (C=O) groups excluding carboxylic acids is 3. The lowest BCUT2D eigenvalue weighted by Gasteiger charge is -2.24. The van der Waals surface area contributed by atoms with E-state index >= 15 is 0 Å². The minimum atomic E-state index is -1.46. The summed E-state index contributed by atoms with van der Waals surface area (Å²) in [7, 11) is 0. The summed E-state index contributed by atoms with van der Waals surface area (Å²) in [5.41, 5.74) is 12.6. The number of halogens is 1. The summed E-state index contributed by atoms with van der Waals surface area (Å²) in [5.74, 6) is -1.12. The smallest absolute Gasteiger partial charge is 0.251 e. The molecule has 4 rings (SSSR count). The third kappa shape index (κ3) is 14.9. The number of aliphatic hydroxyl groups excluding tert-OH is 1. The molecule has 0 saturated heterocycles. The Balaban J connectivity index is 1.04. The van der Waals surface area contributed by atoms with Crippen LogP contribution in [0.5, 0.6) is 0 Å². The molecule has 1 aromatic heterocycles. The first-order chi connectivity index (χ1) is 28.4. The van der Waals surface area contributed by atoms with Gasteiger partial charge in [-0.15, -0.1) is 0 Å². The van der Waals surface area contributed by atoms with Crippen molar-refractivity contribution in [2.45, 2.75) is 65.1 Å². The Hall–Kier alpha value is -5.14. The highest BCUT2D eigenvalue weighted by atomic mass is 35.5. The Bertz CT molecular complexity index is 2000. The lowest BCUT2D eigenvalue weighted by atomic mass is 10.00. The number of nitrogens with zero attached hydrogens (tertiary/aromatic N) is 3. The monoisotopic (exact) mass is 829 g/mol. The molecule has 6 N–H and O–H groups in total. The first kappa shape index (κ1) is 46.5. The van der Waals surface area contributed by atoms with E-state index in [4.69, 9.17) is 36.8 Å². The second-order valence-corrected chi connectivity index (χ2v) is 15.0. The van der Waals surface area contributed by atoms with Gasteiger partial charge in [0.2, 0.25) is 5.91 Å². The van der Waals surface area contributed by atoms with Crippen LogP contribution in [0.3, 0.4) is 0 Å². The number of amides is 3. The average Bonchev–Trinajstić information content (AvgIpc) is 3.50. The van der Waals surface area contributed by atoms with Crippen LogP contribution < -0.4 is 21.7 Å². The van der Waals surface area contributed by atoms with Crippen molar-refractivity contribution in [1.82, 2.24) is 25.7 Å². The van der Waals surface area contributed by atoms with E-state index in [2.05, 4.69) is 27.1 Å². The molecule has 15 heteroatoms. The number of benzene rings is 3. The van der Waals surface area contributed by atoms with Crippen molar-refractivity contribution in [1.29, 1.82) is 5.26 Å². The molecule has 0 aliphatic heterocycles. The molecule has 316 valence electrons. The van der Waals surface area contributed by atoms with E-state index in [1.807, 2.05) is 70.2 Å². The van der Waals surface area contributed by atoms with Gasteiger partial charge in [0.15, 0.2) is 0 Å². The number of aryl methyl sites for hydroxylation is 1. The van der Waals surface area contributed by atoms with Gasteiger partial charge in [0.25, 0.3) is 11.8 Å². The molecule has 0 saturated carbocycles. The van der Waals surface area contributed by atoms with Crippen molar-refractivity contribution in [3.05, 3.63) is 117 Å². The van der Waals surface area contributed by atoms with E-state index in [1.165, 1.54) is 0 Å². The molecule has 3 amide bonds. The Morgan fingerprint density at radius 1 is 0.864 bits per heavy atom. The Labute approximate surface area is 351 Å². The summed E-state index contributed by atoms with van der Waals surface area (Å²) in [4.78, 5) is 38.3. The van der Waals surface area contributed by atoms with Gasteiger partial charge in [-0.3, -0.25) is 14.4 Å². The summed E-state index contributed by atoms with van der Waals surface area (Å²) in [6.45, 7) is 10.3. The third-order valence-corrected chi connectivity index (χ3v) is 9.80. The van der Waals surface area contributed by atoms with Gasteiger partial charge in [-0.05, 0) is 74.1 Å². The van der Waals surface area contributed by atoms with Gasteiger partial charge in [-0.2, -0.15) is 10.4 Å². The number of aromatic nitrogens is 2. The van der Waals surface area contributed by atoms with Gasteiger partial charge >= 0.3 is 0 Å². The van der Waals surface area contributed by atoms with Crippen molar-refractivity contribution in [3.63, 3.8) is 0 Å². The quantitative estimate of drug-likeness (QED) is 0.0644. The molecule has 3 atom stereocenters. The highest BCUT2D eigenvalue weighted by molar-refractivity contribution is 6.32. The summed E-state index contributed by atoms with van der Waals surface area (Å²) in [6.07, 6.45) is -0.113. The van der Waals surface area contributed by atoms with Crippen LogP contribution in [0.15, 0.2) is 72.8 Å². The molecule has 59 heavy (non-hydrogen) atoms. The fourth-order valence-corrected chi connectivity index (χ4v) is 6.55. The maximum atomic E-state index is 12.9. The number of carbonyl (C=O) groups is 3. The standard InChI is InChI=1S/C44H56ClN7O7/c1-29(2)24-39(50-44(56)41(53)38(47)27-32-8-6-5-7-9-32)43(55)49-17-19-58-21-23-59-22-20-57-18-16-48-42(54)35-13-10-33(11-14-35)25-36-30(3)51-52(31(36)4)40-15-12-34(28-46)26-37(40)45/h5-15,26,29,38-39,41,53H,16-25,27,47H2,1-4H3,(H,48,54)(H,49,55)(H,50,56)/t38-,39+,41+/m1/s1. The van der Waals surface area contributed by atoms with Crippen molar-refractivity contribution in [2.24, 2.45) is 11.7 Å². The van der Waals surface area contributed by atoms with E-state index < -0.39 is 24.1 Å². The van der Waals surface area contributed by atoms with E-state index in [0.29, 0.717) is 80.7 Å². The molecule has 0 bridgehead atoms. The van der Waals surface area contributed by atoms with Crippen LogP contribution in [-0.2, 0) is 36.6 Å². The number of hydrogen-bond acceptors (Lipinski definition) is 10. The Morgan fingerprint density at radius 2 is 1.49 bits per heavy atom. The number of aliphatic hydroxyl groups is 1. The first-order valence-corrected chi connectivity index (χ1v) is 20.2. The normalized spacial score (nSPS) is 12.7. The zero-order chi connectivity index (χ0) is 42.7. The minimum Gasteiger partial charge on any atom is -0.382 e. The second-order valence-electron chi connectivity index (χ2n) is 14.6. The second kappa shape index (κ2) is 24.1. The molecular weight excluding hydrogens is 774 g/mol. The summed E-state index contributed by atoms with van der Waals surface area (Å²) in [6, 6.07) is 22.4. The van der Waals surface area contributed by atoms with Gasteiger partial charge < -0.3 is 41.0 Å². The zero-order valence-electron chi connectivity index (χ0n) is 34.2. The van der Waals surface area contributed by atoms with Crippen LogP contribution in [0.1, 0.15) is 64.3 Å². The van der Waals surface area contributed by atoms with Crippen LogP contribution in [0.4, 0.5) is 0 Å². The summed E-state index contributed by atoms with van der Waals surface area (Å²) in [5, 5.41) is 33.1. The fraction of sp³-hybridized carbons (Fsp3) is 0.432. The molecule has 3 aromatic carbocycles. The maximum Gasteiger partial charge on any atom is 0.251 e. The molecule has 1 heterocycles. The number of nitriles is 1. The Kier molecular flexibility index (Phi) is 19.0. The highest BCUT2D eigenvalue weighted by Gasteiger charge is 2.28. The molecule has 4 aromatic rings. The van der Waals surface area contributed by atoms with Gasteiger partial charge in [0.1, 0.15) is 12.1 Å². The van der Waals surface area contributed by atoms with Crippen molar-refractivity contribution < 1.29 is 33.7 Å². The van der Waals surface area contributed by atoms with E-state index in [9.17, 15) is 19.5 Å². The molecule has 0 unspecified atom stereocenters. The van der Waals surface area contributed by atoms with Crippen molar-refractivity contribution >= 4 is 29.3 Å². The van der Waals surface area contributed by atoms with Gasteiger partial charge in [-0.25, -0.2) is 4.68 Å². The topological polar surface area (TPSA) is 203 Å². The first-order valence-electron chi connectivity index (χ1n) is 19.8. The molecule has 0 aliphatic carbocycles. The minimum absolute atomic E-state index is 0.121. The largest absolute Gasteiger partial charge is 0.382 e. The third-order valence-electron chi connectivity index (χ3n) is 9.49. The lowest BCUT2D eigenvalue weighted by molar-refractivity contribution is -0.135. The van der Waals surface area contributed by atoms with Gasteiger partial charge in [0, 0.05) is 42.4 Å². The van der Waals surface area contributed by atoms with Gasteiger partial charge in [-0.1, -0.05) is 67.9 Å². The van der Waals surface area contributed by atoms with Gasteiger partial charge in [0.05, 0.1) is 67.7 Å². The predicted molar refractivity (Wildman–Crippen MR) is 225 cm³/mol. The maximum absolute atomic E-state index is 12.9. The fourth-order valence-electron chi connectivity index (χ4n) is 6.29. The van der Waals surface area contributed by atoms with Crippen molar-refractivity contribution in [2.75, 3.05) is 52.7 Å². The van der Waals surface area contributed by atoms with Crippen LogP contribution in [0.25, 0.3) is 5.69 Å². The number of nitrogens with two attached hydrogens (primary N) is 1. The zero-order valence-corrected chi connectivity index (χ0v) is 35.0. The molecule has 0 radical (unpaired) electrons. The number of ether oxygens (including phenoxy) is 3. The molecule has 0 aliphatic rings. The molecule has 0 fully saturated rings. The summed E-state index contributed by atoms with van der Waals surface area (Å²) >= 11 is 6.44. The Morgan fingerprint density at radius 3 is 2.10 bits per heavy atom. The molecular formula is C44H56ClN7O7. The van der Waals surface area contributed by atoms with Crippen LogP contribution in [0, 0.1) is 31.1 Å². The number of rotatable bonds is 24. The van der Waals surface area contributed by atoms with E-state index in [0.717, 1.165) is 28.1 Å². The summed E-state index contributed by atoms with van der Waals surface area (Å²) < 4.78 is 18.5. The van der Waals surface area contributed by atoms with Crippen LogP contribution >= 0.6 is 11.6 Å². The molecule has 14 nitrogen and oxygen atoms in total. The van der Waals surface area contributed by atoms with Crippen molar-refractivity contribution in [3.8, 4) is 11.8 Å². The molecule has 0 spiro atoms. The van der Waals surface area contributed by atoms with E-state index in [-0.39, 0.29) is 30.9 Å². The SMILES string of the molecule is Cc1nn(-c2ccc(C#N)cc2Cl)c(C)c1Cc1ccc(C(=O)NCCOCCOCCOCCNC(=O)[C@H](CC(C)C)NC(=O)[C@@H](O)[C@H](N)Cc2ccccc2)cc1. The van der Waals surface area contributed by atoms with E-state index in [1.54, 1.807) is 35.0 Å².